The third kappa shape index (κ3) is 2.99. The van der Waals surface area contributed by atoms with E-state index in [2.05, 4.69) is 5.16 Å². The lowest BCUT2D eigenvalue weighted by Crippen LogP contribution is -2.36. The minimum Gasteiger partial charge on any atom is -0.372 e. The van der Waals surface area contributed by atoms with Crippen molar-refractivity contribution in [3.05, 3.63) is 40.2 Å². The fourth-order valence-corrected chi connectivity index (χ4v) is 3.39. The van der Waals surface area contributed by atoms with Crippen LogP contribution < -0.4 is 4.90 Å². The van der Waals surface area contributed by atoms with E-state index in [1.165, 1.54) is 13.0 Å². The number of fused-ring (bicyclic) bond motifs is 1. The molecule has 2 atom stereocenters. The van der Waals surface area contributed by atoms with Gasteiger partial charge in [0.1, 0.15) is 0 Å². The predicted molar refractivity (Wildman–Crippen MR) is 80.3 cm³/mol. The molecule has 0 unspecified atom stereocenters. The van der Waals surface area contributed by atoms with E-state index in [4.69, 9.17) is 14.1 Å². The van der Waals surface area contributed by atoms with Crippen LogP contribution in [0.5, 0.6) is 0 Å². The van der Waals surface area contributed by atoms with Crippen LogP contribution in [0.25, 0.3) is 11.3 Å². The topological polar surface area (TPSA) is 74.7 Å². The Morgan fingerprint density at radius 3 is 2.56 bits per heavy atom. The highest BCUT2D eigenvalue weighted by Crippen LogP contribution is 2.27. The van der Waals surface area contributed by atoms with Gasteiger partial charge in [0.25, 0.3) is 0 Å². The Morgan fingerprint density at radius 2 is 1.92 bits per heavy atom. The summed E-state index contributed by atoms with van der Waals surface area (Å²) in [5.74, 6) is -1.95. The van der Waals surface area contributed by atoms with Gasteiger partial charge < -0.3 is 14.7 Å². The van der Waals surface area contributed by atoms with Gasteiger partial charge in [-0.1, -0.05) is 0 Å². The van der Waals surface area contributed by atoms with Crippen molar-refractivity contribution in [1.82, 2.24) is 10.1 Å². The van der Waals surface area contributed by atoms with E-state index in [1.807, 2.05) is 4.90 Å². The van der Waals surface area contributed by atoms with E-state index >= 15 is 0 Å². The first-order valence-electron chi connectivity index (χ1n) is 8.03. The second-order valence-electron chi connectivity index (χ2n) is 6.33. The molecule has 134 valence electrons. The van der Waals surface area contributed by atoms with Gasteiger partial charge in [0.05, 0.1) is 32.0 Å². The van der Waals surface area contributed by atoms with Crippen molar-refractivity contribution in [1.29, 1.82) is 0 Å². The summed E-state index contributed by atoms with van der Waals surface area (Å²) in [5, 5.41) is 15.8. The van der Waals surface area contributed by atoms with Gasteiger partial charge in [0.2, 0.25) is 11.4 Å². The summed E-state index contributed by atoms with van der Waals surface area (Å²) in [7, 11) is 0. The first-order chi connectivity index (χ1) is 12.0. The minimum absolute atomic E-state index is 0.00557. The first-order valence-corrected chi connectivity index (χ1v) is 8.03. The monoisotopic (exact) mass is 353 g/mol. The van der Waals surface area contributed by atoms with Crippen LogP contribution in [0.4, 0.5) is 8.78 Å². The first kappa shape index (κ1) is 16.4. The number of aryl methyl sites for hydroxylation is 1. The highest BCUT2D eigenvalue weighted by Gasteiger charge is 2.38. The molecule has 1 aromatic heterocycles. The van der Waals surface area contributed by atoms with Crippen LogP contribution >= 0.6 is 0 Å². The Labute approximate surface area is 142 Å². The molecule has 0 bridgehead atoms. The summed E-state index contributed by atoms with van der Waals surface area (Å²) >= 11 is 0. The Bertz CT molecular complexity index is 761. The molecule has 2 aromatic rings. The molecule has 4 rings (SSSR count). The lowest BCUT2D eigenvalue weighted by molar-refractivity contribution is -0.793. The Hall–Kier alpha value is -2.10. The standard InChI is InChI=1S/C16H17F2N3O4/c1-9-4-10(5-11(17)15(9)18)16-12(19-25-21(16)22)6-20-7-13-14(8-20)24-3-2-23-13/h4-5,13-14H,2-3,6-8H2,1H3/t13-,14+. The zero-order valence-corrected chi connectivity index (χ0v) is 13.6. The average molecular weight is 353 g/mol. The van der Waals surface area contributed by atoms with Crippen LogP contribution in [-0.2, 0) is 16.0 Å². The van der Waals surface area contributed by atoms with Gasteiger partial charge in [-0.15, -0.1) is 0 Å². The van der Waals surface area contributed by atoms with Gasteiger partial charge in [0, 0.05) is 23.8 Å². The molecule has 0 spiro atoms. The molecule has 1 aromatic carbocycles. The average Bonchev–Trinajstić information content (AvgIpc) is 3.15. The van der Waals surface area contributed by atoms with Gasteiger partial charge in [-0.3, -0.25) is 9.53 Å². The Kier molecular flexibility index (Phi) is 4.14. The highest BCUT2D eigenvalue weighted by molar-refractivity contribution is 5.59. The summed E-state index contributed by atoms with van der Waals surface area (Å²) in [6.07, 6.45) is -0.0111. The quantitative estimate of drug-likeness (QED) is 0.771. The van der Waals surface area contributed by atoms with Gasteiger partial charge in [-0.05, 0) is 29.5 Å². The number of hydrogen-bond acceptors (Lipinski definition) is 6. The zero-order valence-electron chi connectivity index (χ0n) is 13.6. The number of likely N-dealkylation sites (tertiary alicyclic amines) is 1. The fraction of sp³-hybridized carbons (Fsp3) is 0.500. The molecule has 25 heavy (non-hydrogen) atoms. The van der Waals surface area contributed by atoms with Crippen molar-refractivity contribution in [3.63, 3.8) is 0 Å². The summed E-state index contributed by atoms with van der Waals surface area (Å²) in [5.41, 5.74) is 0.778. The zero-order chi connectivity index (χ0) is 17.6. The summed E-state index contributed by atoms with van der Waals surface area (Å²) in [6.45, 7) is 4.19. The molecule has 2 fully saturated rings. The molecule has 0 aliphatic carbocycles. The van der Waals surface area contributed by atoms with Gasteiger partial charge in [0.15, 0.2) is 11.6 Å². The van der Waals surface area contributed by atoms with Crippen molar-refractivity contribution in [2.45, 2.75) is 25.7 Å². The molecule has 9 heteroatoms. The van der Waals surface area contributed by atoms with Crippen LogP contribution in [0.3, 0.4) is 0 Å². The molecule has 0 radical (unpaired) electrons. The molecule has 2 aliphatic heterocycles. The molecular formula is C16H17F2N3O4. The maximum Gasteiger partial charge on any atom is 0.240 e. The number of benzene rings is 1. The number of aromatic nitrogens is 2. The predicted octanol–water partition coefficient (Wildman–Crippen LogP) is 1.16. The van der Waals surface area contributed by atoms with Gasteiger partial charge >= 0.3 is 0 Å². The molecule has 0 amide bonds. The number of hydrogen-bond donors (Lipinski definition) is 0. The van der Waals surface area contributed by atoms with Gasteiger partial charge in [-0.25, -0.2) is 8.78 Å². The number of rotatable bonds is 3. The van der Waals surface area contributed by atoms with E-state index < -0.39 is 11.6 Å². The Balaban J connectivity index is 1.60. The third-order valence-electron chi connectivity index (χ3n) is 4.58. The molecule has 0 saturated carbocycles. The second-order valence-corrected chi connectivity index (χ2v) is 6.33. The normalized spacial score (nSPS) is 23.8. The summed E-state index contributed by atoms with van der Waals surface area (Å²) in [4.78, 5) is 2.26. The van der Waals surface area contributed by atoms with E-state index in [0.717, 1.165) is 6.07 Å². The highest BCUT2D eigenvalue weighted by atomic mass is 19.2. The van der Waals surface area contributed by atoms with E-state index in [9.17, 15) is 14.0 Å². The smallest absolute Gasteiger partial charge is 0.240 e. The Morgan fingerprint density at radius 1 is 1.24 bits per heavy atom. The van der Waals surface area contributed by atoms with Crippen molar-refractivity contribution in [2.24, 2.45) is 0 Å². The largest absolute Gasteiger partial charge is 0.372 e. The number of nitrogens with zero attached hydrogens (tertiary/aromatic N) is 3. The van der Waals surface area contributed by atoms with Crippen LogP contribution in [0.1, 0.15) is 11.3 Å². The lowest BCUT2D eigenvalue weighted by atomic mass is 10.1. The number of halogens is 2. The molecule has 0 N–H and O–H groups in total. The van der Waals surface area contributed by atoms with Crippen molar-refractivity contribution >= 4 is 0 Å². The maximum atomic E-state index is 13.7. The molecule has 7 nitrogen and oxygen atoms in total. The van der Waals surface area contributed by atoms with Crippen molar-refractivity contribution in [2.75, 3.05) is 26.3 Å². The fourth-order valence-electron chi connectivity index (χ4n) is 3.39. The SMILES string of the molecule is Cc1cc(-c2c(CN3C[C@@H]4OCCO[C@@H]4C3)no[n+]2[O-])cc(F)c1F. The minimum atomic E-state index is -1.02. The van der Waals surface area contributed by atoms with E-state index in [1.54, 1.807) is 0 Å². The third-order valence-corrected chi connectivity index (χ3v) is 4.58. The molecule has 2 aliphatic rings. The maximum absolute atomic E-state index is 13.7. The number of ether oxygens (including phenoxy) is 2. The van der Waals surface area contributed by atoms with Crippen molar-refractivity contribution < 1.29 is 27.8 Å². The molecule has 3 heterocycles. The van der Waals surface area contributed by atoms with Crippen LogP contribution in [0, 0.1) is 23.8 Å². The summed E-state index contributed by atoms with van der Waals surface area (Å²) < 4.78 is 43.3. The van der Waals surface area contributed by atoms with Crippen LogP contribution in [0.2, 0.25) is 0 Å². The van der Waals surface area contributed by atoms with E-state index in [-0.39, 0.29) is 33.9 Å². The second kappa shape index (κ2) is 6.32. The molecular weight excluding hydrogens is 336 g/mol. The van der Waals surface area contributed by atoms with Crippen LogP contribution in [-0.4, -0.2) is 48.6 Å². The van der Waals surface area contributed by atoms with Crippen LogP contribution in [0.15, 0.2) is 16.8 Å². The lowest BCUT2D eigenvalue weighted by Gasteiger charge is -2.24. The van der Waals surface area contributed by atoms with Crippen molar-refractivity contribution in [3.8, 4) is 11.3 Å². The molecule has 2 saturated heterocycles. The summed E-state index contributed by atoms with van der Waals surface area (Å²) in [6, 6.07) is 2.38. The van der Waals surface area contributed by atoms with Gasteiger partial charge in [-0.2, -0.15) is 0 Å². The van der Waals surface area contributed by atoms with E-state index in [0.29, 0.717) is 38.5 Å².